The Morgan fingerprint density at radius 2 is 0.512 bits per heavy atom. The van der Waals surface area contributed by atoms with Gasteiger partial charge in [0.1, 0.15) is 13.2 Å². The highest BCUT2D eigenvalue weighted by atomic mass is 16.6. The molecule has 0 bridgehead atoms. The first-order valence-corrected chi connectivity index (χ1v) is 32.8. The largest absolute Gasteiger partial charge is 0.462 e. The minimum absolute atomic E-state index is 0.126. The van der Waals surface area contributed by atoms with E-state index in [0.29, 0.717) is 19.3 Å². The Labute approximate surface area is 493 Å². The van der Waals surface area contributed by atoms with Crippen LogP contribution in [0.15, 0.2) is 146 Å². The van der Waals surface area contributed by atoms with Crippen LogP contribution in [0.4, 0.5) is 0 Å². The maximum absolute atomic E-state index is 12.9. The number of carbonyl (C=O) groups excluding carboxylic acids is 3. The molecule has 0 rings (SSSR count). The fraction of sp³-hybridized carbons (Fsp3) is 0.635. The average Bonchev–Trinajstić information content (AvgIpc) is 3.46. The van der Waals surface area contributed by atoms with Gasteiger partial charge in [-0.3, -0.25) is 14.4 Å². The van der Waals surface area contributed by atoms with Crippen molar-refractivity contribution in [3.8, 4) is 0 Å². The van der Waals surface area contributed by atoms with Crippen molar-refractivity contribution in [2.24, 2.45) is 0 Å². The summed E-state index contributed by atoms with van der Waals surface area (Å²) in [5, 5.41) is 0. The molecule has 0 radical (unpaired) electrons. The molecule has 0 N–H and O–H groups in total. The van der Waals surface area contributed by atoms with Gasteiger partial charge < -0.3 is 14.2 Å². The summed E-state index contributed by atoms with van der Waals surface area (Å²) in [6.45, 7) is 6.33. The van der Waals surface area contributed by atoms with Gasteiger partial charge in [-0.05, 0) is 109 Å². The van der Waals surface area contributed by atoms with Gasteiger partial charge in [-0.25, -0.2) is 0 Å². The predicted molar refractivity (Wildman–Crippen MR) is 348 cm³/mol. The number of hydrogen-bond acceptors (Lipinski definition) is 6. The van der Waals surface area contributed by atoms with Gasteiger partial charge in [0.15, 0.2) is 6.10 Å². The quantitative estimate of drug-likeness (QED) is 0.0261. The smallest absolute Gasteiger partial charge is 0.306 e. The van der Waals surface area contributed by atoms with E-state index in [4.69, 9.17) is 14.2 Å². The highest BCUT2D eigenvalue weighted by molar-refractivity contribution is 5.71. The van der Waals surface area contributed by atoms with E-state index in [9.17, 15) is 14.4 Å². The van der Waals surface area contributed by atoms with Crippen LogP contribution in [0.2, 0.25) is 0 Å². The van der Waals surface area contributed by atoms with Crippen LogP contribution in [0.3, 0.4) is 0 Å². The zero-order chi connectivity index (χ0) is 57.8. The van der Waals surface area contributed by atoms with Crippen LogP contribution in [-0.4, -0.2) is 37.2 Å². The second kappa shape index (κ2) is 66.8. The molecule has 6 heteroatoms. The fourth-order valence-electron chi connectivity index (χ4n) is 8.77. The van der Waals surface area contributed by atoms with Gasteiger partial charge in [0.05, 0.1) is 0 Å². The molecule has 0 saturated heterocycles. The molecule has 6 nitrogen and oxygen atoms in total. The summed E-state index contributed by atoms with van der Waals surface area (Å²) in [7, 11) is 0. The zero-order valence-corrected chi connectivity index (χ0v) is 51.8. The summed E-state index contributed by atoms with van der Waals surface area (Å²) < 4.78 is 16.8. The summed E-state index contributed by atoms with van der Waals surface area (Å²) in [6.07, 6.45) is 96.0. The lowest BCUT2D eigenvalue weighted by molar-refractivity contribution is -0.166. The highest BCUT2D eigenvalue weighted by Crippen LogP contribution is 2.16. The summed E-state index contributed by atoms with van der Waals surface area (Å²) >= 11 is 0. The molecular formula is C74H120O6. The molecule has 0 saturated carbocycles. The number of carbonyl (C=O) groups is 3. The van der Waals surface area contributed by atoms with E-state index in [2.05, 4.69) is 154 Å². The lowest BCUT2D eigenvalue weighted by Crippen LogP contribution is -2.30. The van der Waals surface area contributed by atoms with Crippen LogP contribution < -0.4 is 0 Å². The molecule has 0 aromatic carbocycles. The SMILES string of the molecule is CC/C=C\C/C=C\C/C=C\C/C=C\C/C=C\C/C=C\C/C=C\C/C=C\CCCCC(=O)OCC(COC(=O)CC/C=C\C/C=C\C/C=C\C/C=C\CC)OC(=O)CCCCCCCCCCCCCCCCCCCCCCCC. The molecule has 1 unspecified atom stereocenters. The van der Waals surface area contributed by atoms with Gasteiger partial charge in [0, 0.05) is 19.3 Å². The molecule has 0 spiro atoms. The third kappa shape index (κ3) is 64.1. The summed E-state index contributed by atoms with van der Waals surface area (Å²) in [4.78, 5) is 38.3. The second-order valence-corrected chi connectivity index (χ2v) is 21.3. The second-order valence-electron chi connectivity index (χ2n) is 21.3. The van der Waals surface area contributed by atoms with Gasteiger partial charge in [-0.15, -0.1) is 0 Å². The molecule has 1 atom stereocenters. The van der Waals surface area contributed by atoms with E-state index >= 15 is 0 Å². The van der Waals surface area contributed by atoms with Crippen LogP contribution in [0.1, 0.15) is 284 Å². The summed E-state index contributed by atoms with van der Waals surface area (Å²) in [5.41, 5.74) is 0. The van der Waals surface area contributed by atoms with Gasteiger partial charge in [-0.2, -0.15) is 0 Å². The van der Waals surface area contributed by atoms with Crippen molar-refractivity contribution in [3.63, 3.8) is 0 Å². The third-order valence-corrected chi connectivity index (χ3v) is 13.6. The van der Waals surface area contributed by atoms with Crippen LogP contribution >= 0.6 is 0 Å². The summed E-state index contributed by atoms with van der Waals surface area (Å²) in [5.74, 6) is -1.05. The molecule has 0 amide bonds. The van der Waals surface area contributed by atoms with Crippen molar-refractivity contribution >= 4 is 17.9 Å². The maximum atomic E-state index is 12.9. The number of ether oxygens (including phenoxy) is 3. The van der Waals surface area contributed by atoms with Crippen LogP contribution in [0.5, 0.6) is 0 Å². The van der Waals surface area contributed by atoms with E-state index in [1.165, 1.54) is 122 Å². The Balaban J connectivity index is 4.45. The molecule has 452 valence electrons. The van der Waals surface area contributed by atoms with Crippen molar-refractivity contribution in [2.45, 2.75) is 290 Å². The van der Waals surface area contributed by atoms with E-state index in [1.54, 1.807) is 0 Å². The van der Waals surface area contributed by atoms with E-state index < -0.39 is 6.10 Å². The van der Waals surface area contributed by atoms with Crippen molar-refractivity contribution in [2.75, 3.05) is 13.2 Å². The maximum Gasteiger partial charge on any atom is 0.306 e. The van der Waals surface area contributed by atoms with Crippen molar-refractivity contribution in [1.29, 1.82) is 0 Å². The molecule has 80 heavy (non-hydrogen) atoms. The number of esters is 3. The van der Waals surface area contributed by atoms with Crippen LogP contribution in [0, 0.1) is 0 Å². The van der Waals surface area contributed by atoms with E-state index in [-0.39, 0.29) is 44.0 Å². The van der Waals surface area contributed by atoms with Gasteiger partial charge in [0.25, 0.3) is 0 Å². The molecule has 0 heterocycles. The van der Waals surface area contributed by atoms with Crippen molar-refractivity contribution < 1.29 is 28.6 Å². The zero-order valence-electron chi connectivity index (χ0n) is 51.8. The predicted octanol–water partition coefficient (Wildman–Crippen LogP) is 22.7. The molecule has 0 fully saturated rings. The number of rotatable bonds is 58. The van der Waals surface area contributed by atoms with Crippen molar-refractivity contribution in [1.82, 2.24) is 0 Å². The number of hydrogen-bond donors (Lipinski definition) is 0. The van der Waals surface area contributed by atoms with Crippen LogP contribution in [0.25, 0.3) is 0 Å². The molecule has 0 aliphatic heterocycles. The van der Waals surface area contributed by atoms with E-state index in [0.717, 1.165) is 109 Å². The average molecular weight is 1110 g/mol. The monoisotopic (exact) mass is 1100 g/mol. The first-order chi connectivity index (χ1) is 39.5. The van der Waals surface area contributed by atoms with Gasteiger partial charge >= 0.3 is 17.9 Å². The van der Waals surface area contributed by atoms with E-state index in [1.807, 2.05) is 12.2 Å². The molecule has 0 aliphatic rings. The third-order valence-electron chi connectivity index (χ3n) is 13.6. The number of unbranched alkanes of at least 4 members (excludes halogenated alkanes) is 23. The molecule has 0 aromatic heterocycles. The van der Waals surface area contributed by atoms with Crippen molar-refractivity contribution in [3.05, 3.63) is 146 Å². The van der Waals surface area contributed by atoms with Crippen LogP contribution in [-0.2, 0) is 28.6 Å². The highest BCUT2D eigenvalue weighted by Gasteiger charge is 2.19. The Bertz CT molecular complexity index is 1750. The Morgan fingerprint density at radius 3 is 0.838 bits per heavy atom. The lowest BCUT2D eigenvalue weighted by atomic mass is 10.0. The topological polar surface area (TPSA) is 78.9 Å². The standard InChI is InChI=1S/C74H120O6/c1-4-7-10-13-16-19-22-25-27-29-31-33-35-36-37-38-39-41-42-44-46-49-52-55-58-61-64-67-73(76)79-70-71(69-78-72(75)66-63-60-57-54-51-48-24-21-18-15-12-9-6-3)80-74(77)68-65-62-59-56-53-50-47-45-43-40-34-32-30-28-26-23-20-17-14-11-8-5-2/h7,9-10,12,16,18-19,21,25,27,31,33,36-37,39,41,44,46,48,51-52,55,57,60,71H,4-6,8,11,13-15,17,20,22-24,26,28-30,32,34-35,38,40,42-43,45,47,49-50,53-54,56,58-59,61-70H2,1-3H3/b10-7-,12-9-,19-16-,21-18-,27-25-,33-31-,37-36-,41-39-,46-44-,51-48-,55-52-,60-57-. The lowest BCUT2D eigenvalue weighted by Gasteiger charge is -2.18. The fourth-order valence-corrected chi connectivity index (χ4v) is 8.77. The molecule has 0 aromatic rings. The molecular weight excluding hydrogens is 985 g/mol. The van der Waals surface area contributed by atoms with Gasteiger partial charge in [0.2, 0.25) is 0 Å². The minimum atomic E-state index is -0.831. The normalized spacial score (nSPS) is 13.1. The Hall–Kier alpha value is -4.71. The first kappa shape index (κ1) is 75.3. The minimum Gasteiger partial charge on any atom is -0.462 e. The molecule has 0 aliphatic carbocycles. The Kier molecular flexibility index (Phi) is 62.9. The number of allylic oxidation sites excluding steroid dienone is 24. The Morgan fingerprint density at radius 1 is 0.263 bits per heavy atom. The van der Waals surface area contributed by atoms with Gasteiger partial charge in [-0.1, -0.05) is 301 Å². The summed E-state index contributed by atoms with van der Waals surface area (Å²) in [6, 6.07) is 0. The first-order valence-electron chi connectivity index (χ1n) is 32.8.